The van der Waals surface area contributed by atoms with Crippen molar-refractivity contribution in [1.82, 2.24) is 9.55 Å². The van der Waals surface area contributed by atoms with Crippen LogP contribution in [0, 0.1) is 11.3 Å². The number of aromatic nitrogens is 2. The van der Waals surface area contributed by atoms with Crippen LogP contribution < -0.4 is 0 Å². The first-order chi connectivity index (χ1) is 18.2. The maximum atomic E-state index is 9.69. The molecule has 0 fully saturated rings. The summed E-state index contributed by atoms with van der Waals surface area (Å²) in [6.07, 6.45) is 0. The molecule has 0 unspecified atom stereocenters. The lowest BCUT2D eigenvalue weighted by Crippen LogP contribution is -1.92. The zero-order valence-corrected chi connectivity index (χ0v) is 20.1. The van der Waals surface area contributed by atoms with Crippen LogP contribution in [0.1, 0.15) is 5.56 Å². The summed E-state index contributed by atoms with van der Waals surface area (Å²) in [5, 5.41) is 11.8. The van der Waals surface area contributed by atoms with Gasteiger partial charge < -0.3 is 8.98 Å². The zero-order chi connectivity index (χ0) is 24.9. The molecule has 0 aliphatic carbocycles. The second kappa shape index (κ2) is 8.22. The van der Waals surface area contributed by atoms with E-state index in [1.54, 1.807) is 0 Å². The summed E-state index contributed by atoms with van der Waals surface area (Å²) in [6.45, 7) is 0. The molecule has 4 nitrogen and oxygen atoms in total. The van der Waals surface area contributed by atoms with Crippen molar-refractivity contribution in [2.24, 2.45) is 7.05 Å². The third-order valence-electron chi connectivity index (χ3n) is 7.10. The van der Waals surface area contributed by atoms with Crippen LogP contribution in [0.15, 0.2) is 114 Å². The Balaban J connectivity index is 1.35. The summed E-state index contributed by atoms with van der Waals surface area (Å²) in [5.41, 5.74) is 9.63. The van der Waals surface area contributed by atoms with Crippen molar-refractivity contribution in [3.8, 4) is 39.7 Å². The third-order valence-corrected chi connectivity index (χ3v) is 7.10. The van der Waals surface area contributed by atoms with Gasteiger partial charge in [-0.2, -0.15) is 5.26 Å². The van der Waals surface area contributed by atoms with Crippen molar-refractivity contribution in [2.75, 3.05) is 0 Å². The average molecular weight is 476 g/mol. The molecule has 0 saturated heterocycles. The zero-order valence-electron chi connectivity index (χ0n) is 20.1. The minimum absolute atomic E-state index is 0.651. The Hall–Kier alpha value is -5.14. The molecule has 2 aromatic heterocycles. The maximum absolute atomic E-state index is 9.69. The van der Waals surface area contributed by atoms with Crippen LogP contribution in [0.25, 0.3) is 66.6 Å². The lowest BCUT2D eigenvalue weighted by atomic mass is 9.95. The lowest BCUT2D eigenvalue weighted by Gasteiger charge is -2.07. The molecule has 0 N–H and O–H groups in total. The summed E-state index contributed by atoms with van der Waals surface area (Å²) in [6, 6.07) is 39.1. The van der Waals surface area contributed by atoms with Gasteiger partial charge in [-0.3, -0.25) is 0 Å². The molecule has 7 aromatic rings. The molecule has 0 saturated carbocycles. The Kier molecular flexibility index (Phi) is 4.70. The van der Waals surface area contributed by atoms with Crippen molar-refractivity contribution < 1.29 is 4.42 Å². The van der Waals surface area contributed by atoms with E-state index in [9.17, 15) is 5.26 Å². The van der Waals surface area contributed by atoms with E-state index in [4.69, 9.17) is 9.40 Å². The number of imidazole rings is 1. The molecule has 174 valence electrons. The smallest absolute Gasteiger partial charge is 0.140 e. The van der Waals surface area contributed by atoms with Gasteiger partial charge in [-0.05, 0) is 53.1 Å². The van der Waals surface area contributed by atoms with E-state index in [2.05, 4.69) is 66.2 Å². The van der Waals surface area contributed by atoms with E-state index in [-0.39, 0.29) is 0 Å². The molecule has 0 amide bonds. The summed E-state index contributed by atoms with van der Waals surface area (Å²) in [4.78, 5) is 4.83. The Morgan fingerprint density at radius 2 is 1.43 bits per heavy atom. The fourth-order valence-electron chi connectivity index (χ4n) is 5.26. The normalized spacial score (nSPS) is 11.4. The number of nitrogens with zero attached hydrogens (tertiary/aromatic N) is 3. The summed E-state index contributed by atoms with van der Waals surface area (Å²) in [7, 11) is 2.05. The molecule has 0 atom stereocenters. The average Bonchev–Trinajstić information content (AvgIpc) is 3.50. The maximum Gasteiger partial charge on any atom is 0.140 e. The highest BCUT2D eigenvalue weighted by Gasteiger charge is 2.16. The second-order valence-electron chi connectivity index (χ2n) is 9.21. The monoisotopic (exact) mass is 475 g/mol. The number of rotatable bonds is 3. The lowest BCUT2D eigenvalue weighted by molar-refractivity contribution is 0.669. The molecular weight excluding hydrogens is 454 g/mol. The predicted octanol–water partition coefficient (Wildman–Crippen LogP) is 8.35. The van der Waals surface area contributed by atoms with Crippen molar-refractivity contribution in [1.29, 1.82) is 5.26 Å². The first-order valence-corrected chi connectivity index (χ1v) is 12.2. The first kappa shape index (κ1) is 21.2. The molecule has 0 spiro atoms. The third kappa shape index (κ3) is 3.33. The molecule has 4 heteroatoms. The minimum Gasteiger partial charge on any atom is -0.456 e. The Morgan fingerprint density at radius 3 is 2.27 bits per heavy atom. The SMILES string of the molecule is Cn1c(-c2ccc(-c3ccc4oc5cccc(-c6ccccc6C#N)c5c4c3)cc2)nc2ccccc21. The van der Waals surface area contributed by atoms with Gasteiger partial charge in [0.25, 0.3) is 0 Å². The number of aryl methyl sites for hydroxylation is 1. The highest BCUT2D eigenvalue weighted by atomic mass is 16.3. The van der Waals surface area contributed by atoms with Gasteiger partial charge in [0.05, 0.1) is 22.7 Å². The van der Waals surface area contributed by atoms with Crippen LogP contribution in [0.3, 0.4) is 0 Å². The van der Waals surface area contributed by atoms with E-state index >= 15 is 0 Å². The number of hydrogen-bond acceptors (Lipinski definition) is 3. The summed E-state index contributed by atoms with van der Waals surface area (Å²) in [5.74, 6) is 0.949. The summed E-state index contributed by atoms with van der Waals surface area (Å²) < 4.78 is 8.34. The van der Waals surface area contributed by atoms with Crippen LogP contribution in [-0.4, -0.2) is 9.55 Å². The van der Waals surface area contributed by atoms with Crippen LogP contribution in [0.5, 0.6) is 0 Å². The molecule has 2 heterocycles. The molecule has 37 heavy (non-hydrogen) atoms. The minimum atomic E-state index is 0.651. The molecule has 0 radical (unpaired) electrons. The van der Waals surface area contributed by atoms with Gasteiger partial charge in [-0.15, -0.1) is 0 Å². The van der Waals surface area contributed by atoms with E-state index in [1.165, 1.54) is 0 Å². The first-order valence-electron chi connectivity index (χ1n) is 12.2. The number of fused-ring (bicyclic) bond motifs is 4. The number of para-hydroxylation sites is 2. The quantitative estimate of drug-likeness (QED) is 0.258. The van der Waals surface area contributed by atoms with Gasteiger partial charge in [-0.25, -0.2) is 4.98 Å². The molecular formula is C33H21N3O. The fraction of sp³-hybridized carbons (Fsp3) is 0.0303. The van der Waals surface area contributed by atoms with Crippen molar-refractivity contribution in [3.63, 3.8) is 0 Å². The number of nitriles is 1. The molecule has 5 aromatic carbocycles. The van der Waals surface area contributed by atoms with E-state index in [0.717, 1.165) is 66.6 Å². The van der Waals surface area contributed by atoms with E-state index in [1.807, 2.05) is 60.7 Å². The fourth-order valence-corrected chi connectivity index (χ4v) is 5.26. The van der Waals surface area contributed by atoms with Crippen LogP contribution >= 0.6 is 0 Å². The van der Waals surface area contributed by atoms with Crippen molar-refractivity contribution in [2.45, 2.75) is 0 Å². The van der Waals surface area contributed by atoms with Crippen molar-refractivity contribution >= 4 is 33.0 Å². The van der Waals surface area contributed by atoms with Crippen LogP contribution in [0.2, 0.25) is 0 Å². The molecule has 0 bridgehead atoms. The Bertz CT molecular complexity index is 2000. The Labute approximate surface area is 213 Å². The second-order valence-corrected chi connectivity index (χ2v) is 9.21. The number of hydrogen-bond donors (Lipinski definition) is 0. The van der Waals surface area contributed by atoms with Gasteiger partial charge in [0, 0.05) is 28.9 Å². The van der Waals surface area contributed by atoms with Gasteiger partial charge in [0.2, 0.25) is 0 Å². The number of benzene rings is 5. The van der Waals surface area contributed by atoms with Gasteiger partial charge in [-0.1, -0.05) is 72.8 Å². The molecule has 0 aliphatic heterocycles. The highest BCUT2D eigenvalue weighted by molar-refractivity contribution is 6.13. The predicted molar refractivity (Wildman–Crippen MR) is 149 cm³/mol. The van der Waals surface area contributed by atoms with E-state index in [0.29, 0.717) is 5.56 Å². The van der Waals surface area contributed by atoms with E-state index < -0.39 is 0 Å². The largest absolute Gasteiger partial charge is 0.456 e. The van der Waals surface area contributed by atoms with Gasteiger partial charge in [0.15, 0.2) is 0 Å². The highest BCUT2D eigenvalue weighted by Crippen LogP contribution is 2.39. The van der Waals surface area contributed by atoms with Crippen LogP contribution in [-0.2, 0) is 7.05 Å². The molecule has 7 rings (SSSR count). The summed E-state index contributed by atoms with van der Waals surface area (Å²) >= 11 is 0. The number of furan rings is 1. The topological polar surface area (TPSA) is 54.8 Å². The standard InChI is InChI=1S/C33H21N3O/c1-36-29-11-5-4-10-28(29)35-33(36)22-15-13-21(14-16-22)23-17-18-30-27(19-23)32-26(9-6-12-31(32)37-30)25-8-3-2-7-24(25)20-34/h2-19H,1H3. The van der Waals surface area contributed by atoms with Crippen LogP contribution in [0.4, 0.5) is 0 Å². The molecule has 0 aliphatic rings. The Morgan fingerprint density at radius 1 is 0.703 bits per heavy atom. The van der Waals surface area contributed by atoms with Crippen molar-refractivity contribution in [3.05, 3.63) is 115 Å². The van der Waals surface area contributed by atoms with Gasteiger partial charge in [0.1, 0.15) is 17.0 Å². The van der Waals surface area contributed by atoms with Gasteiger partial charge >= 0.3 is 0 Å².